The first kappa shape index (κ1) is 15.6. The number of nitro benzene ring substituents is 1. The minimum Gasteiger partial charge on any atom is -0.338 e. The van der Waals surface area contributed by atoms with Crippen molar-refractivity contribution in [2.45, 2.75) is 19.9 Å². The van der Waals surface area contributed by atoms with Gasteiger partial charge < -0.3 is 10.3 Å². The second kappa shape index (κ2) is 6.05. The van der Waals surface area contributed by atoms with Gasteiger partial charge in [-0.25, -0.2) is 0 Å². The van der Waals surface area contributed by atoms with Crippen LogP contribution in [0, 0.1) is 15.5 Å². The number of benzene rings is 1. The topological polar surface area (TPSA) is 111 Å². The number of hydrogen-bond acceptors (Lipinski definition) is 7. The fourth-order valence-electron chi connectivity index (χ4n) is 2.81. The van der Waals surface area contributed by atoms with E-state index in [0.717, 1.165) is 19.5 Å². The first-order chi connectivity index (χ1) is 11.0. The third-order valence-electron chi connectivity index (χ3n) is 4.27. The molecule has 2 N–H and O–H groups in total. The molecule has 1 fully saturated rings. The molecule has 1 unspecified atom stereocenters. The molecule has 3 rings (SSSR count). The highest BCUT2D eigenvalue weighted by Crippen LogP contribution is 2.29. The Morgan fingerprint density at radius 1 is 1.52 bits per heavy atom. The number of nitro groups is 1. The van der Waals surface area contributed by atoms with E-state index in [4.69, 9.17) is 10.3 Å². The van der Waals surface area contributed by atoms with Crippen LogP contribution in [0.4, 0.5) is 5.69 Å². The van der Waals surface area contributed by atoms with Gasteiger partial charge in [0, 0.05) is 24.2 Å². The lowest BCUT2D eigenvalue weighted by molar-refractivity contribution is -0.384. The molecule has 8 nitrogen and oxygen atoms in total. The molecular formula is C15H19N5O3. The number of aromatic nitrogens is 2. The number of non-ortho nitro benzene ring substituents is 1. The molecule has 1 atom stereocenters. The van der Waals surface area contributed by atoms with Crippen LogP contribution in [0.1, 0.15) is 19.2 Å². The fourth-order valence-corrected chi connectivity index (χ4v) is 2.81. The molecule has 23 heavy (non-hydrogen) atoms. The van der Waals surface area contributed by atoms with Crippen LogP contribution in [0.15, 0.2) is 28.8 Å². The van der Waals surface area contributed by atoms with Gasteiger partial charge >= 0.3 is 0 Å². The first-order valence-corrected chi connectivity index (χ1v) is 7.49. The molecule has 1 saturated heterocycles. The third kappa shape index (κ3) is 3.38. The van der Waals surface area contributed by atoms with Crippen molar-refractivity contribution in [1.29, 1.82) is 0 Å². The molecule has 0 spiro atoms. The van der Waals surface area contributed by atoms with Crippen molar-refractivity contribution in [2.75, 3.05) is 19.6 Å². The Morgan fingerprint density at radius 2 is 2.35 bits per heavy atom. The summed E-state index contributed by atoms with van der Waals surface area (Å²) in [6.07, 6.45) is 1.05. The minimum atomic E-state index is -0.442. The van der Waals surface area contributed by atoms with Crippen molar-refractivity contribution < 1.29 is 9.45 Å². The van der Waals surface area contributed by atoms with Crippen molar-refractivity contribution in [3.8, 4) is 11.4 Å². The van der Waals surface area contributed by atoms with Crippen molar-refractivity contribution >= 4 is 5.69 Å². The summed E-state index contributed by atoms with van der Waals surface area (Å²) < 4.78 is 5.28. The Bertz CT molecular complexity index is 717. The third-order valence-corrected chi connectivity index (χ3v) is 4.27. The molecule has 2 heterocycles. The van der Waals surface area contributed by atoms with E-state index < -0.39 is 4.92 Å². The molecule has 0 amide bonds. The molecule has 0 aliphatic carbocycles. The van der Waals surface area contributed by atoms with Crippen LogP contribution < -0.4 is 5.73 Å². The van der Waals surface area contributed by atoms with Crippen LogP contribution in [0.5, 0.6) is 0 Å². The highest BCUT2D eigenvalue weighted by molar-refractivity contribution is 5.58. The molecule has 0 bridgehead atoms. The summed E-state index contributed by atoms with van der Waals surface area (Å²) in [7, 11) is 0. The molecule has 1 aliphatic rings. The van der Waals surface area contributed by atoms with Crippen molar-refractivity contribution in [3.05, 3.63) is 40.3 Å². The van der Waals surface area contributed by atoms with Gasteiger partial charge in [-0.1, -0.05) is 24.2 Å². The average molecular weight is 317 g/mol. The average Bonchev–Trinajstić information content (AvgIpc) is 3.15. The summed E-state index contributed by atoms with van der Waals surface area (Å²) >= 11 is 0. The van der Waals surface area contributed by atoms with E-state index in [1.165, 1.54) is 12.1 Å². The van der Waals surface area contributed by atoms with Crippen molar-refractivity contribution in [2.24, 2.45) is 11.1 Å². The molecule has 0 radical (unpaired) electrons. The molecule has 1 aromatic carbocycles. The van der Waals surface area contributed by atoms with Crippen molar-refractivity contribution in [3.63, 3.8) is 0 Å². The van der Waals surface area contributed by atoms with Crippen LogP contribution in [-0.2, 0) is 6.54 Å². The van der Waals surface area contributed by atoms with Crippen LogP contribution in [0.3, 0.4) is 0 Å². The van der Waals surface area contributed by atoms with Gasteiger partial charge in [0.1, 0.15) is 0 Å². The standard InChI is InChI=1S/C15H19N5O3/c1-15(9-16)5-6-19(10-15)8-13-17-14(18-23-13)11-3-2-4-12(7-11)20(21)22/h2-4,7H,5-6,8-10,16H2,1H3. The van der Waals surface area contributed by atoms with Crippen LogP contribution >= 0.6 is 0 Å². The Morgan fingerprint density at radius 3 is 3.04 bits per heavy atom. The Kier molecular flexibility index (Phi) is 4.10. The molecule has 122 valence electrons. The van der Waals surface area contributed by atoms with E-state index in [-0.39, 0.29) is 11.1 Å². The van der Waals surface area contributed by atoms with Crippen LogP contribution in [0.2, 0.25) is 0 Å². The summed E-state index contributed by atoms with van der Waals surface area (Å²) in [5, 5.41) is 14.8. The van der Waals surface area contributed by atoms with Gasteiger partial charge in [-0.15, -0.1) is 0 Å². The summed E-state index contributed by atoms with van der Waals surface area (Å²) in [4.78, 5) is 17.0. The zero-order chi connectivity index (χ0) is 16.4. The lowest BCUT2D eigenvalue weighted by Crippen LogP contribution is -2.31. The van der Waals surface area contributed by atoms with Gasteiger partial charge in [0.05, 0.1) is 11.5 Å². The Labute approximate surface area is 133 Å². The maximum atomic E-state index is 10.8. The predicted octanol–water partition coefficient (Wildman–Crippen LogP) is 1.82. The molecule has 8 heteroatoms. The largest absolute Gasteiger partial charge is 0.338 e. The Hall–Kier alpha value is -2.32. The summed E-state index contributed by atoms with van der Waals surface area (Å²) in [6.45, 7) is 5.25. The lowest BCUT2D eigenvalue weighted by atomic mass is 9.90. The van der Waals surface area contributed by atoms with Gasteiger partial charge in [-0.3, -0.25) is 15.0 Å². The van der Waals surface area contributed by atoms with Crippen LogP contribution in [-0.4, -0.2) is 39.6 Å². The number of likely N-dealkylation sites (tertiary alicyclic amines) is 1. The number of nitrogens with zero attached hydrogens (tertiary/aromatic N) is 4. The molecular weight excluding hydrogens is 298 g/mol. The predicted molar refractivity (Wildman–Crippen MR) is 83.4 cm³/mol. The maximum Gasteiger partial charge on any atom is 0.270 e. The highest BCUT2D eigenvalue weighted by atomic mass is 16.6. The van der Waals surface area contributed by atoms with Gasteiger partial charge in [-0.2, -0.15) is 4.98 Å². The quantitative estimate of drug-likeness (QED) is 0.661. The normalized spacial score (nSPS) is 21.7. The molecule has 0 saturated carbocycles. The maximum absolute atomic E-state index is 10.8. The lowest BCUT2D eigenvalue weighted by Gasteiger charge is -2.21. The monoisotopic (exact) mass is 317 g/mol. The number of nitrogens with two attached hydrogens (primary N) is 1. The smallest absolute Gasteiger partial charge is 0.270 e. The molecule has 1 aliphatic heterocycles. The molecule has 2 aromatic rings. The van der Waals surface area contributed by atoms with Crippen molar-refractivity contribution in [1.82, 2.24) is 15.0 Å². The first-order valence-electron chi connectivity index (χ1n) is 7.49. The van der Waals surface area contributed by atoms with E-state index >= 15 is 0 Å². The van der Waals surface area contributed by atoms with E-state index in [1.54, 1.807) is 12.1 Å². The van der Waals surface area contributed by atoms with E-state index in [0.29, 0.717) is 30.4 Å². The summed E-state index contributed by atoms with van der Waals surface area (Å²) in [5.41, 5.74) is 6.53. The Balaban J connectivity index is 1.71. The fraction of sp³-hybridized carbons (Fsp3) is 0.467. The summed E-state index contributed by atoms with van der Waals surface area (Å²) in [6, 6.07) is 6.21. The molecule has 1 aromatic heterocycles. The second-order valence-electron chi connectivity index (χ2n) is 6.29. The minimum absolute atomic E-state index is 0.00658. The van der Waals surface area contributed by atoms with E-state index in [2.05, 4.69) is 22.0 Å². The zero-order valence-electron chi connectivity index (χ0n) is 12.9. The van der Waals surface area contributed by atoms with Gasteiger partial charge in [-0.05, 0) is 24.9 Å². The van der Waals surface area contributed by atoms with Gasteiger partial charge in [0.2, 0.25) is 11.7 Å². The van der Waals surface area contributed by atoms with Gasteiger partial charge in [0.15, 0.2) is 0 Å². The highest BCUT2D eigenvalue weighted by Gasteiger charge is 2.33. The number of rotatable bonds is 5. The van der Waals surface area contributed by atoms with Crippen LogP contribution in [0.25, 0.3) is 11.4 Å². The van der Waals surface area contributed by atoms with E-state index in [9.17, 15) is 10.1 Å². The van der Waals surface area contributed by atoms with E-state index in [1.807, 2.05) is 0 Å². The zero-order valence-corrected chi connectivity index (χ0v) is 12.9. The van der Waals surface area contributed by atoms with Gasteiger partial charge in [0.25, 0.3) is 5.69 Å². The summed E-state index contributed by atoms with van der Waals surface area (Å²) in [5.74, 6) is 0.872. The SMILES string of the molecule is CC1(CN)CCN(Cc2nc(-c3cccc([N+](=O)[O-])c3)no2)C1. The second-order valence-corrected chi connectivity index (χ2v) is 6.29. The number of hydrogen-bond donors (Lipinski definition) is 1.